The van der Waals surface area contributed by atoms with Crippen LogP contribution in [0.4, 0.5) is 0 Å². The van der Waals surface area contributed by atoms with Crippen molar-refractivity contribution < 1.29 is 13.2 Å². The van der Waals surface area contributed by atoms with Gasteiger partial charge in [-0.2, -0.15) is 0 Å². The van der Waals surface area contributed by atoms with Crippen LogP contribution in [0.2, 0.25) is 0 Å². The first kappa shape index (κ1) is 24.2. The van der Waals surface area contributed by atoms with E-state index < -0.39 is 10.0 Å². The van der Waals surface area contributed by atoms with Crippen LogP contribution in [0.3, 0.4) is 0 Å². The summed E-state index contributed by atoms with van der Waals surface area (Å²) in [5.41, 5.74) is 1.66. The number of fused-ring (bicyclic) bond motifs is 1. The molecule has 1 aromatic carbocycles. The van der Waals surface area contributed by atoms with Crippen molar-refractivity contribution in [2.75, 3.05) is 40.3 Å². The summed E-state index contributed by atoms with van der Waals surface area (Å²) >= 11 is 0. The monoisotopic (exact) mass is 475 g/mol. The molecule has 3 heterocycles. The van der Waals surface area contributed by atoms with Crippen molar-refractivity contribution in [1.82, 2.24) is 23.7 Å². The molecule has 0 bridgehead atoms. The van der Waals surface area contributed by atoms with Crippen LogP contribution in [0, 0.1) is 5.92 Å². The lowest BCUT2D eigenvalue weighted by molar-refractivity contribution is -0.137. The molecule has 2 aliphatic heterocycles. The van der Waals surface area contributed by atoms with Gasteiger partial charge in [-0.05, 0) is 63.9 Å². The highest BCUT2D eigenvalue weighted by Crippen LogP contribution is 2.26. The summed E-state index contributed by atoms with van der Waals surface area (Å²) in [5, 5.41) is 0. The maximum absolute atomic E-state index is 13.0. The maximum Gasteiger partial charge on any atom is 0.242 e. The Morgan fingerprint density at radius 2 is 1.73 bits per heavy atom. The number of piperidine rings is 1. The Balaban J connectivity index is 1.44. The normalized spacial score (nSPS) is 19.3. The fourth-order valence-corrected chi connectivity index (χ4v) is 6.01. The second-order valence-electron chi connectivity index (χ2n) is 9.50. The zero-order chi connectivity index (χ0) is 23.6. The standard InChI is InChI=1S/C24H37N5O3S/c1-4-29-22-10-9-20(33(31,32)26(2)3)17-21(22)25-23(29)18-27-15-11-19(12-16-27)24(30)28-13-7-5-6-8-14-28/h9-10,17,19H,4-8,11-16,18H2,1-3H3. The molecule has 182 valence electrons. The first-order valence-corrected chi connectivity index (χ1v) is 13.7. The molecule has 2 saturated heterocycles. The number of nitrogens with zero attached hydrogens (tertiary/aromatic N) is 5. The fourth-order valence-electron chi connectivity index (χ4n) is 5.09. The van der Waals surface area contributed by atoms with Crippen molar-refractivity contribution in [3.63, 3.8) is 0 Å². The van der Waals surface area contributed by atoms with Crippen LogP contribution in [0.5, 0.6) is 0 Å². The van der Waals surface area contributed by atoms with Gasteiger partial charge < -0.3 is 9.47 Å². The van der Waals surface area contributed by atoms with E-state index in [0.29, 0.717) is 18.0 Å². The molecule has 0 spiro atoms. The van der Waals surface area contributed by atoms with E-state index in [9.17, 15) is 13.2 Å². The smallest absolute Gasteiger partial charge is 0.242 e. The number of hydrogen-bond acceptors (Lipinski definition) is 5. The van der Waals surface area contributed by atoms with Crippen molar-refractivity contribution in [2.45, 2.75) is 63.4 Å². The zero-order valence-corrected chi connectivity index (χ0v) is 21.0. The number of carbonyl (C=O) groups is 1. The van der Waals surface area contributed by atoms with Gasteiger partial charge in [-0.1, -0.05) is 12.8 Å². The highest BCUT2D eigenvalue weighted by atomic mass is 32.2. The number of imidazole rings is 1. The number of hydrogen-bond donors (Lipinski definition) is 0. The third kappa shape index (κ3) is 5.10. The largest absolute Gasteiger partial charge is 0.342 e. The van der Waals surface area contributed by atoms with E-state index in [0.717, 1.165) is 69.7 Å². The predicted octanol–water partition coefficient (Wildman–Crippen LogP) is 2.92. The molecule has 1 amide bonds. The van der Waals surface area contributed by atoms with E-state index in [2.05, 4.69) is 21.3 Å². The summed E-state index contributed by atoms with van der Waals surface area (Å²) in [5.74, 6) is 1.44. The zero-order valence-electron chi connectivity index (χ0n) is 20.2. The second-order valence-corrected chi connectivity index (χ2v) is 11.7. The number of aromatic nitrogens is 2. The summed E-state index contributed by atoms with van der Waals surface area (Å²) in [6, 6.07) is 5.19. The van der Waals surface area contributed by atoms with Crippen LogP contribution >= 0.6 is 0 Å². The van der Waals surface area contributed by atoms with Crippen LogP contribution in [0.1, 0.15) is 51.3 Å². The molecule has 1 aromatic heterocycles. The molecule has 0 atom stereocenters. The highest BCUT2D eigenvalue weighted by Gasteiger charge is 2.29. The molecular weight excluding hydrogens is 438 g/mol. The quantitative estimate of drug-likeness (QED) is 0.642. The number of carbonyl (C=O) groups excluding carboxylic acids is 1. The van der Waals surface area contributed by atoms with Gasteiger partial charge in [0.25, 0.3) is 0 Å². The van der Waals surface area contributed by atoms with Crippen LogP contribution < -0.4 is 0 Å². The molecule has 2 fully saturated rings. The van der Waals surface area contributed by atoms with Gasteiger partial charge in [0, 0.05) is 39.6 Å². The summed E-state index contributed by atoms with van der Waals surface area (Å²) in [7, 11) is -0.417. The number of amides is 1. The molecule has 0 N–H and O–H groups in total. The van der Waals surface area contributed by atoms with E-state index in [4.69, 9.17) is 4.98 Å². The molecule has 8 nitrogen and oxygen atoms in total. The third-order valence-corrected chi connectivity index (χ3v) is 8.92. The van der Waals surface area contributed by atoms with Gasteiger partial charge in [-0.25, -0.2) is 17.7 Å². The number of benzene rings is 1. The minimum atomic E-state index is -3.49. The Kier molecular flexibility index (Phi) is 7.40. The molecule has 4 rings (SSSR count). The highest BCUT2D eigenvalue weighted by molar-refractivity contribution is 7.89. The van der Waals surface area contributed by atoms with E-state index >= 15 is 0 Å². The minimum Gasteiger partial charge on any atom is -0.342 e. The Hall–Kier alpha value is -1.97. The van der Waals surface area contributed by atoms with Gasteiger partial charge in [0.15, 0.2) is 0 Å². The number of sulfonamides is 1. The SMILES string of the molecule is CCn1c(CN2CCC(C(=O)N3CCCCCC3)CC2)nc2cc(S(=O)(=O)N(C)C)ccc21. The Morgan fingerprint density at radius 3 is 2.33 bits per heavy atom. The van der Waals surface area contributed by atoms with Gasteiger partial charge in [0.05, 0.1) is 22.5 Å². The van der Waals surface area contributed by atoms with Crippen molar-refractivity contribution in [2.24, 2.45) is 5.92 Å². The van der Waals surface area contributed by atoms with Crippen molar-refractivity contribution in [3.8, 4) is 0 Å². The molecule has 0 saturated carbocycles. The number of rotatable bonds is 6. The first-order valence-electron chi connectivity index (χ1n) is 12.2. The topological polar surface area (TPSA) is 78.8 Å². The third-order valence-electron chi connectivity index (χ3n) is 7.11. The Morgan fingerprint density at radius 1 is 1.06 bits per heavy atom. The molecule has 9 heteroatoms. The molecule has 33 heavy (non-hydrogen) atoms. The van der Waals surface area contributed by atoms with E-state index in [-0.39, 0.29) is 10.8 Å². The van der Waals surface area contributed by atoms with E-state index in [1.54, 1.807) is 12.1 Å². The summed E-state index contributed by atoms with van der Waals surface area (Å²) in [6.45, 7) is 7.19. The lowest BCUT2D eigenvalue weighted by Gasteiger charge is -2.33. The molecule has 0 unspecified atom stereocenters. The van der Waals surface area contributed by atoms with Gasteiger partial charge in [0.1, 0.15) is 5.82 Å². The summed E-state index contributed by atoms with van der Waals surface area (Å²) in [4.78, 5) is 22.5. The van der Waals surface area contributed by atoms with Gasteiger partial charge in [-0.3, -0.25) is 9.69 Å². The molecule has 2 aliphatic rings. The second kappa shape index (κ2) is 10.1. The van der Waals surface area contributed by atoms with E-state index in [1.807, 2.05) is 6.07 Å². The van der Waals surface area contributed by atoms with Crippen molar-refractivity contribution in [3.05, 3.63) is 24.0 Å². The predicted molar refractivity (Wildman–Crippen MR) is 129 cm³/mol. The lowest BCUT2D eigenvalue weighted by atomic mass is 9.95. The maximum atomic E-state index is 13.0. The van der Waals surface area contributed by atoms with Crippen molar-refractivity contribution >= 4 is 27.0 Å². The van der Waals surface area contributed by atoms with Gasteiger partial charge >= 0.3 is 0 Å². The molecule has 2 aromatic rings. The average Bonchev–Trinajstić information content (AvgIpc) is 2.96. The van der Waals surface area contributed by atoms with Crippen LogP contribution in [-0.4, -0.2) is 78.3 Å². The molecule has 0 aliphatic carbocycles. The van der Waals surface area contributed by atoms with Crippen LogP contribution in [0.25, 0.3) is 11.0 Å². The summed E-state index contributed by atoms with van der Waals surface area (Å²) < 4.78 is 28.4. The minimum absolute atomic E-state index is 0.142. The summed E-state index contributed by atoms with van der Waals surface area (Å²) in [6.07, 6.45) is 6.54. The Bertz CT molecular complexity index is 1080. The lowest BCUT2D eigenvalue weighted by Crippen LogP contribution is -2.42. The van der Waals surface area contributed by atoms with Gasteiger partial charge in [-0.15, -0.1) is 0 Å². The fraction of sp³-hybridized carbons (Fsp3) is 0.667. The van der Waals surface area contributed by atoms with Crippen LogP contribution in [-0.2, 0) is 27.9 Å². The van der Waals surface area contributed by atoms with Crippen molar-refractivity contribution in [1.29, 1.82) is 0 Å². The van der Waals surface area contributed by atoms with Crippen LogP contribution in [0.15, 0.2) is 23.1 Å². The number of likely N-dealkylation sites (tertiary alicyclic amines) is 2. The molecule has 0 radical (unpaired) electrons. The van der Waals surface area contributed by atoms with Gasteiger partial charge in [0.2, 0.25) is 15.9 Å². The number of aryl methyl sites for hydroxylation is 1. The Labute approximate surface area is 197 Å². The molecular formula is C24H37N5O3S. The average molecular weight is 476 g/mol. The first-order chi connectivity index (χ1) is 15.8. The van der Waals surface area contributed by atoms with E-state index in [1.165, 1.54) is 31.2 Å².